The molecule has 1 heterocycles. The van der Waals surface area contributed by atoms with E-state index in [9.17, 15) is 0 Å². The van der Waals surface area contributed by atoms with Crippen molar-refractivity contribution in [2.75, 3.05) is 13.1 Å². The summed E-state index contributed by atoms with van der Waals surface area (Å²) in [5, 5.41) is 2.13. The van der Waals surface area contributed by atoms with Crippen molar-refractivity contribution >= 4 is 0 Å². The molecule has 4 nitrogen and oxygen atoms in total. The highest BCUT2D eigenvalue weighted by Gasteiger charge is 2.08. The molecular formula is C11H17N3O. The summed E-state index contributed by atoms with van der Waals surface area (Å²) in [7, 11) is 0. The summed E-state index contributed by atoms with van der Waals surface area (Å²) in [5.74, 6) is 0.807. The van der Waals surface area contributed by atoms with E-state index < -0.39 is 0 Å². The molecular weight excluding hydrogens is 190 g/mol. The molecule has 0 bridgehead atoms. The zero-order valence-corrected chi connectivity index (χ0v) is 8.78. The van der Waals surface area contributed by atoms with Gasteiger partial charge in [-0.2, -0.15) is 5.53 Å². The highest BCUT2D eigenvalue weighted by Crippen LogP contribution is 2.07. The van der Waals surface area contributed by atoms with E-state index in [1.54, 1.807) is 0 Å². The smallest absolute Gasteiger partial charge is 0.149 e. The van der Waals surface area contributed by atoms with Gasteiger partial charge in [0.1, 0.15) is 5.75 Å². The third-order valence-corrected chi connectivity index (χ3v) is 2.47. The van der Waals surface area contributed by atoms with Gasteiger partial charge in [0, 0.05) is 13.1 Å². The van der Waals surface area contributed by atoms with Gasteiger partial charge in [0.2, 0.25) is 0 Å². The van der Waals surface area contributed by atoms with Crippen molar-refractivity contribution in [3.05, 3.63) is 30.3 Å². The monoisotopic (exact) mass is 207 g/mol. The molecule has 2 N–H and O–H groups in total. The maximum Gasteiger partial charge on any atom is 0.149 e. The molecule has 15 heavy (non-hydrogen) atoms. The highest BCUT2D eigenvalue weighted by atomic mass is 16.7. The van der Waals surface area contributed by atoms with E-state index >= 15 is 0 Å². The largest absolute Gasteiger partial charge is 0.393 e. The van der Waals surface area contributed by atoms with E-state index in [-0.39, 0.29) is 0 Å². The molecule has 0 aromatic heterocycles. The van der Waals surface area contributed by atoms with Gasteiger partial charge in [-0.15, -0.1) is 0 Å². The second-order valence-corrected chi connectivity index (χ2v) is 3.68. The molecule has 1 aromatic carbocycles. The van der Waals surface area contributed by atoms with Crippen LogP contribution in [0.2, 0.25) is 0 Å². The topological polar surface area (TPSA) is 36.5 Å². The molecule has 0 amide bonds. The molecule has 4 heteroatoms. The second-order valence-electron chi connectivity index (χ2n) is 3.68. The number of benzene rings is 1. The molecule has 0 aliphatic carbocycles. The minimum Gasteiger partial charge on any atom is -0.393 e. The van der Waals surface area contributed by atoms with E-state index in [0.717, 1.165) is 18.8 Å². The second kappa shape index (κ2) is 5.70. The molecule has 0 unspecified atom stereocenters. The van der Waals surface area contributed by atoms with Crippen LogP contribution in [0.25, 0.3) is 0 Å². The zero-order valence-electron chi connectivity index (χ0n) is 8.78. The van der Waals surface area contributed by atoms with Gasteiger partial charge >= 0.3 is 0 Å². The van der Waals surface area contributed by atoms with Crippen LogP contribution in [0, 0.1) is 0 Å². The number of hydrogen-bond donors (Lipinski definition) is 2. The number of rotatable bonds is 4. The SMILES string of the molecule is c1ccc(ONNN2CCCCC2)cc1. The Morgan fingerprint density at radius 2 is 1.73 bits per heavy atom. The molecule has 0 radical (unpaired) electrons. The van der Waals surface area contributed by atoms with Crippen LogP contribution in [0.4, 0.5) is 0 Å². The number of piperidine rings is 1. The van der Waals surface area contributed by atoms with Gasteiger partial charge in [0.15, 0.2) is 0 Å². The summed E-state index contributed by atoms with van der Waals surface area (Å²) in [4.78, 5) is 5.31. The molecule has 1 aromatic rings. The van der Waals surface area contributed by atoms with Crippen LogP contribution in [0.3, 0.4) is 0 Å². The first kappa shape index (κ1) is 10.4. The number of hydrogen-bond acceptors (Lipinski definition) is 4. The third-order valence-electron chi connectivity index (χ3n) is 2.47. The minimum atomic E-state index is 0.807. The van der Waals surface area contributed by atoms with E-state index in [4.69, 9.17) is 4.84 Å². The fourth-order valence-corrected chi connectivity index (χ4v) is 1.64. The Morgan fingerprint density at radius 1 is 1.00 bits per heavy atom. The average molecular weight is 207 g/mol. The van der Waals surface area contributed by atoms with Gasteiger partial charge in [0.05, 0.1) is 0 Å². The fourth-order valence-electron chi connectivity index (χ4n) is 1.64. The van der Waals surface area contributed by atoms with Crippen LogP contribution in [-0.4, -0.2) is 18.1 Å². The van der Waals surface area contributed by atoms with Crippen molar-refractivity contribution < 1.29 is 4.84 Å². The van der Waals surface area contributed by atoms with Gasteiger partial charge in [-0.1, -0.05) is 30.2 Å². The van der Waals surface area contributed by atoms with Crippen LogP contribution in [0.15, 0.2) is 30.3 Å². The van der Waals surface area contributed by atoms with Crippen molar-refractivity contribution in [3.8, 4) is 5.75 Å². The van der Waals surface area contributed by atoms with Crippen molar-refractivity contribution in [2.24, 2.45) is 0 Å². The predicted octanol–water partition coefficient (Wildman–Crippen LogP) is 1.48. The first-order valence-corrected chi connectivity index (χ1v) is 5.42. The molecule has 1 aliphatic rings. The molecule has 0 spiro atoms. The van der Waals surface area contributed by atoms with Gasteiger partial charge in [0.25, 0.3) is 0 Å². The third kappa shape index (κ3) is 3.51. The predicted molar refractivity (Wildman–Crippen MR) is 58.8 cm³/mol. The van der Waals surface area contributed by atoms with E-state index in [2.05, 4.69) is 16.1 Å². The van der Waals surface area contributed by atoms with Crippen molar-refractivity contribution in [3.63, 3.8) is 0 Å². The Morgan fingerprint density at radius 3 is 2.47 bits per heavy atom. The summed E-state index contributed by atoms with van der Waals surface area (Å²) in [6, 6.07) is 9.66. The van der Waals surface area contributed by atoms with E-state index in [1.165, 1.54) is 19.3 Å². The van der Waals surface area contributed by atoms with E-state index in [1.807, 2.05) is 30.3 Å². The highest BCUT2D eigenvalue weighted by molar-refractivity contribution is 5.20. The van der Waals surface area contributed by atoms with Gasteiger partial charge < -0.3 is 4.84 Å². The number of nitrogens with zero attached hydrogens (tertiary/aromatic N) is 1. The molecule has 0 saturated carbocycles. The van der Waals surface area contributed by atoms with Crippen LogP contribution >= 0.6 is 0 Å². The summed E-state index contributed by atoms with van der Waals surface area (Å²) in [6.45, 7) is 2.15. The molecule has 2 rings (SSSR count). The Balaban J connectivity index is 1.66. The lowest BCUT2D eigenvalue weighted by Crippen LogP contribution is -2.50. The molecule has 1 aliphatic heterocycles. The van der Waals surface area contributed by atoms with Gasteiger partial charge in [-0.3, -0.25) is 0 Å². The van der Waals surface area contributed by atoms with Crippen molar-refractivity contribution in [2.45, 2.75) is 19.3 Å². The molecule has 82 valence electrons. The zero-order chi connectivity index (χ0) is 10.3. The summed E-state index contributed by atoms with van der Waals surface area (Å²) >= 11 is 0. The maximum absolute atomic E-state index is 5.31. The minimum absolute atomic E-state index is 0.807. The van der Waals surface area contributed by atoms with Crippen molar-refractivity contribution in [1.29, 1.82) is 0 Å². The normalized spacial score (nSPS) is 17.6. The maximum atomic E-state index is 5.31. The quantitative estimate of drug-likeness (QED) is 0.733. The molecule has 0 atom stereocenters. The fraction of sp³-hybridized carbons (Fsp3) is 0.455. The summed E-state index contributed by atoms with van der Waals surface area (Å²) < 4.78 is 0. The lowest BCUT2D eigenvalue weighted by molar-refractivity contribution is 0.0249. The molecule has 1 fully saturated rings. The van der Waals surface area contributed by atoms with Gasteiger partial charge in [-0.05, 0) is 25.0 Å². The van der Waals surface area contributed by atoms with Crippen molar-refractivity contribution in [1.82, 2.24) is 16.1 Å². The van der Waals surface area contributed by atoms with Gasteiger partial charge in [-0.25, -0.2) is 5.01 Å². The first-order valence-electron chi connectivity index (χ1n) is 5.42. The number of nitrogens with one attached hydrogen (secondary N) is 2. The van der Waals surface area contributed by atoms with Crippen LogP contribution in [0.1, 0.15) is 19.3 Å². The van der Waals surface area contributed by atoms with E-state index in [0.29, 0.717) is 0 Å². The summed E-state index contributed by atoms with van der Waals surface area (Å²) in [5.41, 5.74) is 5.78. The Kier molecular flexibility index (Phi) is 3.96. The van der Waals surface area contributed by atoms with Crippen LogP contribution in [-0.2, 0) is 0 Å². The Hall–Kier alpha value is -1.10. The standard InChI is InChI=1S/C11H17N3O/c1-3-7-11(8-4-1)15-13-12-14-9-5-2-6-10-14/h1,3-4,7-8,12-13H,2,5-6,9-10H2. The lowest BCUT2D eigenvalue weighted by Gasteiger charge is -2.26. The first-order chi connectivity index (χ1) is 7.45. The van der Waals surface area contributed by atoms with Crippen LogP contribution < -0.4 is 16.0 Å². The lowest BCUT2D eigenvalue weighted by atomic mass is 10.2. The van der Waals surface area contributed by atoms with Crippen LogP contribution in [0.5, 0.6) is 5.75 Å². The number of hydrazine groups is 2. The summed E-state index contributed by atoms with van der Waals surface area (Å²) in [6.07, 6.45) is 3.83. The Bertz CT molecular complexity index is 272. The average Bonchev–Trinajstić information content (AvgIpc) is 2.32. The Labute approximate surface area is 90.1 Å². The molecule has 1 saturated heterocycles. The number of para-hydroxylation sites is 1.